The molecule has 3 rings (SSSR count). The number of nitrogens with one attached hydrogen (secondary N) is 1. The second kappa shape index (κ2) is 6.48. The van der Waals surface area contributed by atoms with Crippen molar-refractivity contribution >= 4 is 16.5 Å². The minimum Gasteiger partial charge on any atom is -0.371 e. The maximum Gasteiger partial charge on any atom is 0.0446 e. The SMILES string of the molecule is CCCNC1CCN(c2cccc3ccccc23)CC1C. The van der Waals surface area contributed by atoms with Crippen molar-refractivity contribution in [2.75, 3.05) is 24.5 Å². The van der Waals surface area contributed by atoms with Crippen molar-refractivity contribution in [1.82, 2.24) is 5.32 Å². The Hall–Kier alpha value is -1.54. The second-order valence-corrected chi connectivity index (χ2v) is 6.27. The molecule has 2 nitrogen and oxygen atoms in total. The molecular weight excluding hydrogens is 256 g/mol. The van der Waals surface area contributed by atoms with E-state index in [-0.39, 0.29) is 0 Å². The standard InChI is InChI=1S/C19H26N2/c1-3-12-20-18-11-13-21(14-15(18)2)19-10-6-8-16-7-4-5-9-17(16)19/h4-10,15,18,20H,3,11-14H2,1-2H3. The molecule has 2 heteroatoms. The Balaban J connectivity index is 1.79. The molecule has 0 spiro atoms. The molecule has 1 heterocycles. The maximum absolute atomic E-state index is 3.70. The molecule has 1 aliphatic heterocycles. The quantitative estimate of drug-likeness (QED) is 0.910. The van der Waals surface area contributed by atoms with Crippen molar-refractivity contribution < 1.29 is 0 Å². The van der Waals surface area contributed by atoms with Crippen molar-refractivity contribution in [3.63, 3.8) is 0 Å². The lowest BCUT2D eigenvalue weighted by Gasteiger charge is -2.39. The summed E-state index contributed by atoms with van der Waals surface area (Å²) >= 11 is 0. The molecule has 1 aliphatic rings. The Morgan fingerprint density at radius 2 is 1.95 bits per heavy atom. The van der Waals surface area contributed by atoms with Gasteiger partial charge in [-0.25, -0.2) is 0 Å². The number of hydrogen-bond acceptors (Lipinski definition) is 2. The number of nitrogens with zero attached hydrogens (tertiary/aromatic N) is 1. The van der Waals surface area contributed by atoms with E-state index in [2.05, 4.69) is 66.5 Å². The summed E-state index contributed by atoms with van der Waals surface area (Å²) in [6.45, 7) is 8.06. The van der Waals surface area contributed by atoms with Gasteiger partial charge in [0.1, 0.15) is 0 Å². The molecule has 2 unspecified atom stereocenters. The molecular formula is C19H26N2. The van der Waals surface area contributed by atoms with Crippen LogP contribution < -0.4 is 10.2 Å². The van der Waals surface area contributed by atoms with Gasteiger partial charge in [-0.15, -0.1) is 0 Å². The van der Waals surface area contributed by atoms with Crippen LogP contribution in [0.15, 0.2) is 42.5 Å². The normalized spacial score (nSPS) is 22.7. The third-order valence-corrected chi connectivity index (χ3v) is 4.67. The molecule has 0 saturated carbocycles. The van der Waals surface area contributed by atoms with Gasteiger partial charge in [0.15, 0.2) is 0 Å². The van der Waals surface area contributed by atoms with E-state index in [4.69, 9.17) is 0 Å². The minimum absolute atomic E-state index is 0.677. The van der Waals surface area contributed by atoms with Crippen molar-refractivity contribution in [1.29, 1.82) is 0 Å². The van der Waals surface area contributed by atoms with Gasteiger partial charge in [0.25, 0.3) is 0 Å². The number of benzene rings is 2. The third-order valence-electron chi connectivity index (χ3n) is 4.67. The number of piperidine rings is 1. The first-order valence-electron chi connectivity index (χ1n) is 8.25. The van der Waals surface area contributed by atoms with Crippen LogP contribution in [0.4, 0.5) is 5.69 Å². The molecule has 21 heavy (non-hydrogen) atoms. The number of hydrogen-bond donors (Lipinski definition) is 1. The van der Waals surface area contributed by atoms with E-state index in [1.54, 1.807) is 0 Å². The lowest BCUT2D eigenvalue weighted by Crippen LogP contribution is -2.48. The fourth-order valence-electron chi connectivity index (χ4n) is 3.48. The molecule has 0 aromatic heterocycles. The summed E-state index contributed by atoms with van der Waals surface area (Å²) in [5.41, 5.74) is 1.40. The molecule has 0 amide bonds. The third kappa shape index (κ3) is 3.06. The van der Waals surface area contributed by atoms with Gasteiger partial charge in [0, 0.05) is 30.2 Å². The van der Waals surface area contributed by atoms with Gasteiger partial charge < -0.3 is 10.2 Å². The minimum atomic E-state index is 0.677. The summed E-state index contributed by atoms with van der Waals surface area (Å²) in [7, 11) is 0. The van der Waals surface area contributed by atoms with Crippen LogP contribution >= 0.6 is 0 Å². The summed E-state index contributed by atoms with van der Waals surface area (Å²) in [6, 6.07) is 16.1. The second-order valence-electron chi connectivity index (χ2n) is 6.27. The van der Waals surface area contributed by atoms with Gasteiger partial charge in [0.05, 0.1) is 0 Å². The Bertz CT molecular complexity index is 588. The smallest absolute Gasteiger partial charge is 0.0446 e. The zero-order chi connectivity index (χ0) is 14.7. The molecule has 0 bridgehead atoms. The van der Waals surface area contributed by atoms with E-state index >= 15 is 0 Å². The molecule has 1 N–H and O–H groups in total. The topological polar surface area (TPSA) is 15.3 Å². The highest BCUT2D eigenvalue weighted by Crippen LogP contribution is 2.30. The van der Waals surface area contributed by atoms with E-state index in [9.17, 15) is 0 Å². The predicted molar refractivity (Wildman–Crippen MR) is 92.0 cm³/mol. The summed E-state index contributed by atoms with van der Waals surface area (Å²) in [4.78, 5) is 2.57. The molecule has 2 aromatic carbocycles. The number of anilines is 1. The average Bonchev–Trinajstić information content (AvgIpc) is 2.53. The highest BCUT2D eigenvalue weighted by atomic mass is 15.2. The van der Waals surface area contributed by atoms with Crippen molar-refractivity contribution in [2.45, 2.75) is 32.7 Å². The predicted octanol–water partition coefficient (Wildman–Crippen LogP) is 4.05. The molecule has 1 fully saturated rings. The van der Waals surface area contributed by atoms with Gasteiger partial charge in [-0.1, -0.05) is 50.2 Å². The van der Waals surface area contributed by atoms with Crippen LogP contribution in [0.1, 0.15) is 26.7 Å². The molecule has 0 aliphatic carbocycles. The Morgan fingerprint density at radius 1 is 1.14 bits per heavy atom. The van der Waals surface area contributed by atoms with E-state index in [1.807, 2.05) is 0 Å². The van der Waals surface area contributed by atoms with Gasteiger partial charge >= 0.3 is 0 Å². The summed E-state index contributed by atoms with van der Waals surface area (Å²) in [5, 5.41) is 6.43. The molecule has 112 valence electrons. The Morgan fingerprint density at radius 3 is 2.76 bits per heavy atom. The molecule has 2 aromatic rings. The summed E-state index contributed by atoms with van der Waals surface area (Å²) < 4.78 is 0. The van der Waals surface area contributed by atoms with E-state index in [0.717, 1.165) is 19.6 Å². The van der Waals surface area contributed by atoms with Crippen LogP contribution in [-0.2, 0) is 0 Å². The zero-order valence-corrected chi connectivity index (χ0v) is 13.2. The maximum atomic E-state index is 3.70. The Kier molecular flexibility index (Phi) is 4.45. The van der Waals surface area contributed by atoms with Crippen LogP contribution in [-0.4, -0.2) is 25.7 Å². The summed E-state index contributed by atoms with van der Waals surface area (Å²) in [5.74, 6) is 0.698. The van der Waals surface area contributed by atoms with Crippen molar-refractivity contribution in [2.24, 2.45) is 5.92 Å². The van der Waals surface area contributed by atoms with Gasteiger partial charge in [-0.05, 0) is 36.8 Å². The summed E-state index contributed by atoms with van der Waals surface area (Å²) in [6.07, 6.45) is 2.46. The van der Waals surface area contributed by atoms with Crippen LogP contribution in [0, 0.1) is 5.92 Å². The number of rotatable bonds is 4. The van der Waals surface area contributed by atoms with Gasteiger partial charge in [-0.2, -0.15) is 0 Å². The lowest BCUT2D eigenvalue weighted by molar-refractivity contribution is 0.322. The van der Waals surface area contributed by atoms with Gasteiger partial charge in [-0.3, -0.25) is 0 Å². The van der Waals surface area contributed by atoms with Crippen LogP contribution in [0.3, 0.4) is 0 Å². The van der Waals surface area contributed by atoms with Gasteiger partial charge in [0.2, 0.25) is 0 Å². The van der Waals surface area contributed by atoms with Crippen LogP contribution in [0.2, 0.25) is 0 Å². The molecule has 0 radical (unpaired) electrons. The fraction of sp³-hybridized carbons (Fsp3) is 0.474. The van der Waals surface area contributed by atoms with Crippen LogP contribution in [0.5, 0.6) is 0 Å². The zero-order valence-electron chi connectivity index (χ0n) is 13.2. The number of fused-ring (bicyclic) bond motifs is 1. The van der Waals surface area contributed by atoms with Crippen molar-refractivity contribution in [3.8, 4) is 0 Å². The first kappa shape index (κ1) is 14.4. The fourth-order valence-corrected chi connectivity index (χ4v) is 3.48. The monoisotopic (exact) mass is 282 g/mol. The Labute approximate surface area is 128 Å². The first-order valence-corrected chi connectivity index (χ1v) is 8.25. The lowest BCUT2D eigenvalue weighted by atomic mass is 9.92. The average molecular weight is 282 g/mol. The van der Waals surface area contributed by atoms with E-state index in [0.29, 0.717) is 12.0 Å². The van der Waals surface area contributed by atoms with Crippen molar-refractivity contribution in [3.05, 3.63) is 42.5 Å². The van der Waals surface area contributed by atoms with E-state index in [1.165, 1.54) is 29.3 Å². The first-order chi connectivity index (χ1) is 10.3. The highest BCUT2D eigenvalue weighted by Gasteiger charge is 2.26. The molecule has 2 atom stereocenters. The highest BCUT2D eigenvalue weighted by molar-refractivity contribution is 5.94. The van der Waals surface area contributed by atoms with Crippen LogP contribution in [0.25, 0.3) is 10.8 Å². The van der Waals surface area contributed by atoms with E-state index < -0.39 is 0 Å². The largest absolute Gasteiger partial charge is 0.371 e. The molecule has 1 saturated heterocycles.